The van der Waals surface area contributed by atoms with Gasteiger partial charge in [-0.05, 0) is 20.8 Å². The highest BCUT2D eigenvalue weighted by molar-refractivity contribution is 7.99. The smallest absolute Gasteiger partial charge is 0.148 e. The van der Waals surface area contributed by atoms with Crippen molar-refractivity contribution in [1.29, 1.82) is 0 Å². The van der Waals surface area contributed by atoms with Gasteiger partial charge in [-0.3, -0.25) is 4.90 Å². The summed E-state index contributed by atoms with van der Waals surface area (Å²) in [5.41, 5.74) is 7.79. The zero-order valence-electron chi connectivity index (χ0n) is 12.1. The van der Waals surface area contributed by atoms with Gasteiger partial charge >= 0.3 is 0 Å². The summed E-state index contributed by atoms with van der Waals surface area (Å²) in [5, 5.41) is 7.95. The summed E-state index contributed by atoms with van der Waals surface area (Å²) >= 11 is 2.04. The number of hydrogen-bond acceptors (Lipinski definition) is 5. The summed E-state index contributed by atoms with van der Waals surface area (Å²) in [4.78, 5) is 2.50. The van der Waals surface area contributed by atoms with Gasteiger partial charge in [0.05, 0.1) is 11.4 Å². The second-order valence-electron chi connectivity index (χ2n) is 5.27. The zero-order chi connectivity index (χ0) is 13.8. The molecule has 0 atom stereocenters. The van der Waals surface area contributed by atoms with E-state index in [-0.39, 0.29) is 0 Å². The molecule has 1 fully saturated rings. The fraction of sp³-hybridized carbons (Fsp3) is 0.769. The molecule has 0 unspecified atom stereocenters. The molecule has 1 aliphatic rings. The van der Waals surface area contributed by atoms with E-state index < -0.39 is 0 Å². The highest BCUT2D eigenvalue weighted by atomic mass is 32.2. The molecule has 2 heterocycles. The van der Waals surface area contributed by atoms with Crippen molar-refractivity contribution in [3.8, 4) is 0 Å². The molecule has 0 saturated carbocycles. The number of nitrogens with zero attached hydrogens (tertiary/aromatic N) is 3. The van der Waals surface area contributed by atoms with Crippen molar-refractivity contribution in [2.24, 2.45) is 0 Å². The molecule has 1 aromatic rings. The van der Waals surface area contributed by atoms with Crippen LogP contribution >= 0.6 is 11.8 Å². The second-order valence-corrected chi connectivity index (χ2v) is 6.49. The Balaban J connectivity index is 1.91. The van der Waals surface area contributed by atoms with Gasteiger partial charge < -0.3 is 11.1 Å². The van der Waals surface area contributed by atoms with Gasteiger partial charge in [0.2, 0.25) is 0 Å². The summed E-state index contributed by atoms with van der Waals surface area (Å²) in [5.74, 6) is 3.48. The SMILES string of the molecule is Cc1nn(C(C)C)c(NCCN2CCSCC2)c1N. The van der Waals surface area contributed by atoms with E-state index in [1.165, 1.54) is 24.6 Å². The molecule has 19 heavy (non-hydrogen) atoms. The molecule has 0 amide bonds. The van der Waals surface area contributed by atoms with Crippen LogP contribution in [0.2, 0.25) is 0 Å². The van der Waals surface area contributed by atoms with Crippen LogP contribution in [0.4, 0.5) is 11.5 Å². The quantitative estimate of drug-likeness (QED) is 0.863. The molecule has 3 N–H and O–H groups in total. The van der Waals surface area contributed by atoms with Gasteiger partial charge in [0.1, 0.15) is 5.82 Å². The van der Waals surface area contributed by atoms with Crippen LogP contribution in [-0.4, -0.2) is 52.4 Å². The molecule has 0 spiro atoms. The molecule has 2 rings (SSSR count). The molecule has 1 aliphatic heterocycles. The minimum absolute atomic E-state index is 0.324. The molecular weight excluding hydrogens is 258 g/mol. The summed E-state index contributed by atoms with van der Waals surface area (Å²) < 4.78 is 1.98. The minimum Gasteiger partial charge on any atom is -0.394 e. The fourth-order valence-electron chi connectivity index (χ4n) is 2.27. The van der Waals surface area contributed by atoms with Crippen LogP contribution in [0.3, 0.4) is 0 Å². The normalized spacial score (nSPS) is 17.1. The maximum absolute atomic E-state index is 6.10. The van der Waals surface area contributed by atoms with E-state index in [1.807, 2.05) is 23.4 Å². The number of rotatable bonds is 5. The first-order valence-electron chi connectivity index (χ1n) is 6.98. The van der Waals surface area contributed by atoms with Gasteiger partial charge in [-0.1, -0.05) is 0 Å². The summed E-state index contributed by atoms with van der Waals surface area (Å²) in [7, 11) is 0. The molecule has 1 aromatic heterocycles. The lowest BCUT2D eigenvalue weighted by atomic mass is 10.3. The predicted molar refractivity (Wildman–Crippen MR) is 84.0 cm³/mol. The molecule has 6 heteroatoms. The van der Waals surface area contributed by atoms with E-state index in [9.17, 15) is 0 Å². The lowest BCUT2D eigenvalue weighted by Crippen LogP contribution is -2.36. The summed E-state index contributed by atoms with van der Waals surface area (Å²) in [6.45, 7) is 10.6. The summed E-state index contributed by atoms with van der Waals surface area (Å²) in [6.07, 6.45) is 0. The van der Waals surface area contributed by atoms with Crippen molar-refractivity contribution in [1.82, 2.24) is 14.7 Å². The Morgan fingerprint density at radius 2 is 2.05 bits per heavy atom. The van der Waals surface area contributed by atoms with Gasteiger partial charge in [-0.15, -0.1) is 0 Å². The molecule has 1 saturated heterocycles. The standard InChI is InChI=1S/C13H25N5S/c1-10(2)18-13(12(14)11(3)16-18)15-4-5-17-6-8-19-9-7-17/h10,15H,4-9,14H2,1-3H3. The number of anilines is 2. The third-order valence-corrected chi connectivity index (χ3v) is 4.39. The zero-order valence-corrected chi connectivity index (χ0v) is 13.0. The average Bonchev–Trinajstić information content (AvgIpc) is 2.68. The maximum Gasteiger partial charge on any atom is 0.148 e. The molecule has 5 nitrogen and oxygen atoms in total. The highest BCUT2D eigenvalue weighted by Crippen LogP contribution is 2.25. The number of aryl methyl sites for hydroxylation is 1. The van der Waals surface area contributed by atoms with E-state index in [1.54, 1.807) is 0 Å². The molecule has 108 valence electrons. The van der Waals surface area contributed by atoms with E-state index >= 15 is 0 Å². The Morgan fingerprint density at radius 1 is 1.37 bits per heavy atom. The van der Waals surface area contributed by atoms with Crippen LogP contribution in [0.15, 0.2) is 0 Å². The number of nitrogens with two attached hydrogens (primary N) is 1. The van der Waals surface area contributed by atoms with Crippen LogP contribution in [-0.2, 0) is 0 Å². The molecule has 0 radical (unpaired) electrons. The highest BCUT2D eigenvalue weighted by Gasteiger charge is 2.15. The lowest BCUT2D eigenvalue weighted by Gasteiger charge is -2.26. The van der Waals surface area contributed by atoms with Gasteiger partial charge in [0, 0.05) is 43.7 Å². The Bertz CT molecular complexity index is 409. The third-order valence-electron chi connectivity index (χ3n) is 3.45. The van der Waals surface area contributed by atoms with Crippen LogP contribution in [0, 0.1) is 6.92 Å². The Labute approximate surface area is 119 Å². The largest absolute Gasteiger partial charge is 0.394 e. The average molecular weight is 283 g/mol. The van der Waals surface area contributed by atoms with E-state index in [0.717, 1.165) is 30.3 Å². The predicted octanol–water partition coefficient (Wildman–Crippen LogP) is 1.82. The van der Waals surface area contributed by atoms with E-state index in [0.29, 0.717) is 6.04 Å². The number of hydrogen-bond donors (Lipinski definition) is 2. The fourth-order valence-corrected chi connectivity index (χ4v) is 3.25. The van der Waals surface area contributed by atoms with Gasteiger partial charge in [0.15, 0.2) is 0 Å². The van der Waals surface area contributed by atoms with Crippen molar-refractivity contribution in [3.05, 3.63) is 5.69 Å². The van der Waals surface area contributed by atoms with Gasteiger partial charge in [0.25, 0.3) is 0 Å². The van der Waals surface area contributed by atoms with Crippen molar-refractivity contribution in [2.45, 2.75) is 26.8 Å². The Morgan fingerprint density at radius 3 is 2.68 bits per heavy atom. The lowest BCUT2D eigenvalue weighted by molar-refractivity contribution is 0.314. The topological polar surface area (TPSA) is 59.1 Å². The third kappa shape index (κ3) is 3.57. The second kappa shape index (κ2) is 6.52. The minimum atomic E-state index is 0.324. The Hall–Kier alpha value is -0.880. The van der Waals surface area contributed by atoms with Crippen molar-refractivity contribution in [2.75, 3.05) is 48.7 Å². The molecule has 0 bridgehead atoms. The van der Waals surface area contributed by atoms with E-state index in [4.69, 9.17) is 5.73 Å². The maximum atomic E-state index is 6.10. The monoisotopic (exact) mass is 283 g/mol. The van der Waals surface area contributed by atoms with Crippen LogP contribution < -0.4 is 11.1 Å². The van der Waals surface area contributed by atoms with Crippen molar-refractivity contribution in [3.63, 3.8) is 0 Å². The number of aromatic nitrogens is 2. The summed E-state index contributed by atoms with van der Waals surface area (Å²) in [6, 6.07) is 0.324. The number of thioether (sulfide) groups is 1. The van der Waals surface area contributed by atoms with Gasteiger partial charge in [-0.2, -0.15) is 16.9 Å². The van der Waals surface area contributed by atoms with E-state index in [2.05, 4.69) is 29.2 Å². The Kier molecular flexibility index (Phi) is 4.99. The first-order chi connectivity index (χ1) is 9.09. The van der Waals surface area contributed by atoms with Gasteiger partial charge in [-0.25, -0.2) is 4.68 Å². The van der Waals surface area contributed by atoms with Crippen LogP contribution in [0.25, 0.3) is 0 Å². The van der Waals surface area contributed by atoms with Crippen molar-refractivity contribution >= 4 is 23.3 Å². The first-order valence-corrected chi connectivity index (χ1v) is 8.13. The molecule has 0 aliphatic carbocycles. The molecule has 0 aromatic carbocycles. The number of nitrogens with one attached hydrogen (secondary N) is 1. The van der Waals surface area contributed by atoms with Crippen molar-refractivity contribution < 1.29 is 0 Å². The first kappa shape index (κ1) is 14.5. The van der Waals surface area contributed by atoms with Crippen LogP contribution in [0.1, 0.15) is 25.6 Å². The number of nitrogen functional groups attached to an aromatic ring is 1. The van der Waals surface area contributed by atoms with Crippen LogP contribution in [0.5, 0.6) is 0 Å². The molecular formula is C13H25N5S.